The number of halogens is 2. The van der Waals surface area contributed by atoms with Crippen LogP contribution in [0.4, 0.5) is 5.69 Å². The second-order valence-electron chi connectivity index (χ2n) is 5.23. The molecule has 7 nitrogen and oxygen atoms in total. The fraction of sp³-hybridized carbons (Fsp3) is 0.188. The summed E-state index contributed by atoms with van der Waals surface area (Å²) in [6, 6.07) is 4.94. The Morgan fingerprint density at radius 2 is 2.20 bits per heavy atom. The van der Waals surface area contributed by atoms with Gasteiger partial charge in [-0.15, -0.1) is 0 Å². The van der Waals surface area contributed by atoms with Crippen molar-refractivity contribution in [3.63, 3.8) is 0 Å². The zero-order chi connectivity index (χ0) is 18.0. The molecule has 3 rings (SSSR count). The van der Waals surface area contributed by atoms with Crippen molar-refractivity contribution >= 4 is 34.8 Å². The van der Waals surface area contributed by atoms with Gasteiger partial charge in [-0.05, 0) is 25.1 Å². The first-order chi connectivity index (χ1) is 12.0. The lowest BCUT2D eigenvalue weighted by atomic mass is 10.2. The van der Waals surface area contributed by atoms with Crippen LogP contribution in [0.2, 0.25) is 10.0 Å². The summed E-state index contributed by atoms with van der Waals surface area (Å²) in [5.41, 5.74) is 1.32. The van der Waals surface area contributed by atoms with Gasteiger partial charge in [-0.2, -0.15) is 5.10 Å². The van der Waals surface area contributed by atoms with Gasteiger partial charge in [0, 0.05) is 17.4 Å². The molecule has 0 aliphatic heterocycles. The Morgan fingerprint density at radius 1 is 1.40 bits per heavy atom. The molecule has 9 heteroatoms. The van der Waals surface area contributed by atoms with Crippen LogP contribution in [-0.4, -0.2) is 28.0 Å². The zero-order valence-corrected chi connectivity index (χ0v) is 14.9. The molecule has 1 amide bonds. The minimum atomic E-state index is -0.411. The summed E-state index contributed by atoms with van der Waals surface area (Å²) in [6.45, 7) is 2.04. The van der Waals surface area contributed by atoms with E-state index in [4.69, 9.17) is 32.5 Å². The van der Waals surface area contributed by atoms with Crippen molar-refractivity contribution in [1.29, 1.82) is 0 Å². The average Bonchev–Trinajstić information content (AvgIpc) is 3.14. The lowest BCUT2D eigenvalue weighted by molar-refractivity contribution is 0.101. The zero-order valence-electron chi connectivity index (χ0n) is 13.4. The number of aromatic nitrogens is 3. The summed E-state index contributed by atoms with van der Waals surface area (Å²) in [5.74, 6) is 0.643. The predicted molar refractivity (Wildman–Crippen MR) is 93.5 cm³/mol. The standard InChI is InChI=1S/C16H14Cl2N4O3/c1-9-12(8-22-7-10(17)6-19-22)15(21-25-9)16(23)20-11-3-4-14(24-2)13(18)5-11/h3-7H,8H2,1-2H3,(H,20,23). The average molecular weight is 381 g/mol. The summed E-state index contributed by atoms with van der Waals surface area (Å²) >= 11 is 11.9. The maximum atomic E-state index is 12.5. The van der Waals surface area contributed by atoms with Crippen molar-refractivity contribution in [2.45, 2.75) is 13.5 Å². The van der Waals surface area contributed by atoms with Gasteiger partial charge in [-0.1, -0.05) is 28.4 Å². The summed E-state index contributed by atoms with van der Waals surface area (Å²) in [7, 11) is 1.52. The molecule has 0 fully saturated rings. The van der Waals surface area contributed by atoms with E-state index in [2.05, 4.69) is 15.6 Å². The molecule has 0 saturated carbocycles. The maximum Gasteiger partial charge on any atom is 0.278 e. The lowest BCUT2D eigenvalue weighted by Crippen LogP contribution is -2.16. The molecule has 3 aromatic rings. The lowest BCUT2D eigenvalue weighted by Gasteiger charge is -2.08. The first kappa shape index (κ1) is 17.3. The van der Waals surface area contributed by atoms with Gasteiger partial charge in [0.2, 0.25) is 0 Å². The van der Waals surface area contributed by atoms with Gasteiger partial charge in [0.25, 0.3) is 5.91 Å². The van der Waals surface area contributed by atoms with Crippen molar-refractivity contribution < 1.29 is 14.1 Å². The van der Waals surface area contributed by atoms with Crippen LogP contribution in [0.15, 0.2) is 35.1 Å². The van der Waals surface area contributed by atoms with Crippen molar-refractivity contribution in [2.75, 3.05) is 12.4 Å². The van der Waals surface area contributed by atoms with Gasteiger partial charge in [0.05, 0.1) is 29.9 Å². The van der Waals surface area contributed by atoms with Gasteiger partial charge >= 0.3 is 0 Å². The molecule has 0 atom stereocenters. The molecule has 2 aromatic heterocycles. The largest absolute Gasteiger partial charge is 0.495 e. The summed E-state index contributed by atoms with van der Waals surface area (Å²) in [5, 5.41) is 11.6. The van der Waals surface area contributed by atoms with Gasteiger partial charge in [0.15, 0.2) is 5.69 Å². The minimum Gasteiger partial charge on any atom is -0.495 e. The van der Waals surface area contributed by atoms with Crippen molar-refractivity contribution in [1.82, 2.24) is 14.9 Å². The number of nitrogens with one attached hydrogen (secondary N) is 1. The van der Waals surface area contributed by atoms with Gasteiger partial charge in [-0.3, -0.25) is 9.48 Å². The normalized spacial score (nSPS) is 10.7. The SMILES string of the molecule is COc1ccc(NC(=O)c2noc(C)c2Cn2cc(Cl)cn2)cc1Cl. The Balaban J connectivity index is 1.82. The molecular weight excluding hydrogens is 367 g/mol. The van der Waals surface area contributed by atoms with Crippen molar-refractivity contribution in [3.05, 3.63) is 57.7 Å². The fourth-order valence-electron chi connectivity index (χ4n) is 2.28. The minimum absolute atomic E-state index is 0.177. The molecule has 0 aliphatic rings. The molecule has 0 spiro atoms. The second kappa shape index (κ2) is 7.16. The number of anilines is 1. The van der Waals surface area contributed by atoms with E-state index in [1.807, 2.05) is 0 Å². The smallest absolute Gasteiger partial charge is 0.278 e. The van der Waals surface area contributed by atoms with Crippen molar-refractivity contribution in [2.24, 2.45) is 0 Å². The molecule has 0 unspecified atom stereocenters. The first-order valence-electron chi connectivity index (χ1n) is 7.26. The van der Waals surface area contributed by atoms with E-state index in [0.717, 1.165) is 0 Å². The fourth-order valence-corrected chi connectivity index (χ4v) is 2.69. The molecule has 1 N–H and O–H groups in total. The third kappa shape index (κ3) is 3.78. The Hall–Kier alpha value is -2.51. The summed E-state index contributed by atoms with van der Waals surface area (Å²) in [4.78, 5) is 12.5. The van der Waals surface area contributed by atoms with Crippen molar-refractivity contribution in [3.8, 4) is 5.75 Å². The van der Waals surface area contributed by atoms with Crippen LogP contribution in [0.1, 0.15) is 21.8 Å². The number of aryl methyl sites for hydroxylation is 1. The van der Waals surface area contributed by atoms with Gasteiger partial charge in [0.1, 0.15) is 11.5 Å². The van der Waals surface area contributed by atoms with E-state index in [1.54, 1.807) is 36.0 Å². The second-order valence-corrected chi connectivity index (χ2v) is 6.07. The van der Waals surface area contributed by atoms with E-state index in [-0.39, 0.29) is 5.69 Å². The predicted octanol–water partition coefficient (Wildman–Crippen LogP) is 3.80. The number of nitrogens with zero attached hydrogens (tertiary/aromatic N) is 3. The molecular formula is C16H14Cl2N4O3. The Kier molecular flexibility index (Phi) is 4.96. The number of methoxy groups -OCH3 is 1. The monoisotopic (exact) mass is 380 g/mol. The van der Waals surface area contributed by atoms with E-state index >= 15 is 0 Å². The number of hydrogen-bond acceptors (Lipinski definition) is 5. The van der Waals surface area contributed by atoms with Crippen LogP contribution in [0.3, 0.4) is 0 Å². The number of benzene rings is 1. The first-order valence-corrected chi connectivity index (χ1v) is 8.01. The van der Waals surface area contributed by atoms with Gasteiger partial charge < -0.3 is 14.6 Å². The van der Waals surface area contributed by atoms with Gasteiger partial charge in [-0.25, -0.2) is 0 Å². The molecule has 1 aromatic carbocycles. The third-order valence-corrected chi connectivity index (χ3v) is 4.02. The molecule has 25 heavy (non-hydrogen) atoms. The molecule has 0 saturated heterocycles. The molecule has 0 aliphatic carbocycles. The molecule has 2 heterocycles. The highest BCUT2D eigenvalue weighted by atomic mass is 35.5. The Morgan fingerprint density at radius 3 is 2.84 bits per heavy atom. The van der Waals surface area contributed by atoms with Crippen LogP contribution >= 0.6 is 23.2 Å². The molecule has 0 bridgehead atoms. The number of ether oxygens (including phenoxy) is 1. The van der Waals surface area contributed by atoms with Crippen LogP contribution in [0, 0.1) is 6.92 Å². The molecule has 130 valence electrons. The highest BCUT2D eigenvalue weighted by Gasteiger charge is 2.21. The number of carbonyl (C=O) groups excluding carboxylic acids is 1. The third-order valence-electron chi connectivity index (χ3n) is 3.53. The number of hydrogen-bond donors (Lipinski definition) is 1. The maximum absolute atomic E-state index is 12.5. The summed E-state index contributed by atoms with van der Waals surface area (Å²) in [6.07, 6.45) is 3.17. The van der Waals surface area contributed by atoms with E-state index in [9.17, 15) is 4.79 Å². The van der Waals surface area contributed by atoms with E-state index < -0.39 is 5.91 Å². The Bertz CT molecular complexity index is 920. The highest BCUT2D eigenvalue weighted by Crippen LogP contribution is 2.27. The number of rotatable bonds is 5. The molecule has 0 radical (unpaired) electrons. The van der Waals surface area contributed by atoms with E-state index in [0.29, 0.717) is 39.4 Å². The topological polar surface area (TPSA) is 82.2 Å². The number of amides is 1. The highest BCUT2D eigenvalue weighted by molar-refractivity contribution is 6.32. The number of carbonyl (C=O) groups is 1. The summed E-state index contributed by atoms with van der Waals surface area (Å²) < 4.78 is 11.9. The van der Waals surface area contributed by atoms with Crippen LogP contribution in [-0.2, 0) is 6.54 Å². The van der Waals surface area contributed by atoms with E-state index in [1.165, 1.54) is 13.3 Å². The van der Waals surface area contributed by atoms with Crippen LogP contribution < -0.4 is 10.1 Å². The quantitative estimate of drug-likeness (QED) is 0.727. The van der Waals surface area contributed by atoms with Crippen LogP contribution in [0.25, 0.3) is 0 Å². The van der Waals surface area contributed by atoms with Crippen LogP contribution in [0.5, 0.6) is 5.75 Å². The Labute approximate surface area is 153 Å².